The van der Waals surface area contributed by atoms with Crippen LogP contribution in [0.1, 0.15) is 26.4 Å². The fraction of sp³-hybridized carbons (Fsp3) is 0.176. The second kappa shape index (κ2) is 6.95. The van der Waals surface area contributed by atoms with Gasteiger partial charge in [0.05, 0.1) is 18.2 Å². The number of allylic oxidation sites excluding steroid dienone is 2. The SMILES string of the molecule is COc1cc(NC2=C(S(C)(=O)=O)C(=O)c3ncncc3C2=O)cc(C(F)(F)F)c1. The van der Waals surface area contributed by atoms with Crippen molar-refractivity contribution in [2.45, 2.75) is 6.18 Å². The quantitative estimate of drug-likeness (QED) is 0.790. The third kappa shape index (κ3) is 3.83. The predicted octanol–water partition coefficient (Wildman–Crippen LogP) is 2.25. The third-order valence-corrected chi connectivity index (χ3v) is 5.07. The summed E-state index contributed by atoms with van der Waals surface area (Å²) in [5.41, 5.74) is -2.77. The molecule has 3 rings (SSSR count). The molecular formula is C17H12F3N3O5S. The Kier molecular flexibility index (Phi) is 4.91. The minimum Gasteiger partial charge on any atom is -0.497 e. The van der Waals surface area contributed by atoms with Crippen LogP contribution >= 0.6 is 0 Å². The summed E-state index contributed by atoms with van der Waals surface area (Å²) in [5, 5.41) is 2.34. The second-order valence-corrected chi connectivity index (χ2v) is 7.95. The highest BCUT2D eigenvalue weighted by Crippen LogP contribution is 2.35. The summed E-state index contributed by atoms with van der Waals surface area (Å²) in [7, 11) is -3.10. The second-order valence-electron chi connectivity index (χ2n) is 5.99. The van der Waals surface area contributed by atoms with Crippen LogP contribution in [0.25, 0.3) is 0 Å². The van der Waals surface area contributed by atoms with Crippen LogP contribution in [0.15, 0.2) is 41.3 Å². The van der Waals surface area contributed by atoms with E-state index in [1.54, 1.807) is 0 Å². The lowest BCUT2D eigenvalue weighted by Crippen LogP contribution is -2.30. The molecule has 1 aliphatic carbocycles. The monoisotopic (exact) mass is 427 g/mol. The van der Waals surface area contributed by atoms with Gasteiger partial charge in [0.1, 0.15) is 28.4 Å². The van der Waals surface area contributed by atoms with Gasteiger partial charge in [0, 0.05) is 24.2 Å². The number of hydrogen-bond donors (Lipinski definition) is 1. The number of carbonyl (C=O) groups excluding carboxylic acids is 2. The van der Waals surface area contributed by atoms with Gasteiger partial charge in [-0.25, -0.2) is 18.4 Å². The van der Waals surface area contributed by atoms with Crippen molar-refractivity contribution in [3.05, 3.63) is 58.1 Å². The zero-order chi connectivity index (χ0) is 21.6. The Labute approximate surface area is 162 Å². The molecular weight excluding hydrogens is 415 g/mol. The fourth-order valence-corrected chi connectivity index (χ4v) is 3.65. The van der Waals surface area contributed by atoms with E-state index in [1.807, 2.05) is 0 Å². The predicted molar refractivity (Wildman–Crippen MR) is 94.2 cm³/mol. The van der Waals surface area contributed by atoms with E-state index >= 15 is 0 Å². The molecule has 0 unspecified atom stereocenters. The minimum absolute atomic E-state index is 0.192. The van der Waals surface area contributed by atoms with E-state index in [0.717, 1.165) is 31.8 Å². The molecule has 1 aromatic heterocycles. The molecule has 0 radical (unpaired) electrons. The van der Waals surface area contributed by atoms with Gasteiger partial charge in [0.15, 0.2) is 9.84 Å². The van der Waals surface area contributed by atoms with Gasteiger partial charge in [-0.2, -0.15) is 13.2 Å². The maximum absolute atomic E-state index is 13.1. The highest BCUT2D eigenvalue weighted by Gasteiger charge is 2.39. The topological polar surface area (TPSA) is 115 Å². The number of methoxy groups -OCH3 is 1. The number of fused-ring (bicyclic) bond motifs is 1. The third-order valence-electron chi connectivity index (χ3n) is 3.94. The van der Waals surface area contributed by atoms with Crippen LogP contribution in [-0.2, 0) is 16.0 Å². The lowest BCUT2D eigenvalue weighted by molar-refractivity contribution is -0.137. The number of Topliss-reactive ketones (excluding diaryl/α,β-unsaturated/α-hetero) is 2. The van der Waals surface area contributed by atoms with E-state index in [-0.39, 0.29) is 17.0 Å². The molecule has 152 valence electrons. The molecule has 0 atom stereocenters. The number of ether oxygens (including phenoxy) is 1. The number of hydrogen-bond acceptors (Lipinski definition) is 8. The number of anilines is 1. The Bertz CT molecular complexity index is 1170. The average molecular weight is 427 g/mol. The standard InChI is InChI=1S/C17H12F3N3O5S/c1-28-10-4-8(17(18,19)20)3-9(5-10)23-13-14(24)11-6-21-7-22-12(11)15(25)16(13)29(2,26)27/h3-7,23H,1-2H3. The summed E-state index contributed by atoms with van der Waals surface area (Å²) < 4.78 is 68.6. The van der Waals surface area contributed by atoms with Crippen LogP contribution < -0.4 is 10.1 Å². The molecule has 0 aliphatic heterocycles. The molecule has 0 saturated heterocycles. The molecule has 2 aromatic rings. The highest BCUT2D eigenvalue weighted by atomic mass is 32.2. The van der Waals surface area contributed by atoms with Gasteiger partial charge >= 0.3 is 6.18 Å². The van der Waals surface area contributed by atoms with Crippen molar-refractivity contribution in [1.29, 1.82) is 0 Å². The summed E-state index contributed by atoms with van der Waals surface area (Å²) in [4.78, 5) is 31.8. The number of aromatic nitrogens is 2. The Hall–Kier alpha value is -3.28. The van der Waals surface area contributed by atoms with Crippen molar-refractivity contribution < 1.29 is 35.9 Å². The summed E-state index contributed by atoms with van der Waals surface area (Å²) in [6.07, 6.45) is -2.03. The van der Waals surface area contributed by atoms with Crippen LogP contribution in [0.2, 0.25) is 0 Å². The molecule has 0 amide bonds. The molecule has 0 fully saturated rings. The first-order chi connectivity index (χ1) is 13.4. The smallest absolute Gasteiger partial charge is 0.416 e. The van der Waals surface area contributed by atoms with Gasteiger partial charge in [0.25, 0.3) is 0 Å². The van der Waals surface area contributed by atoms with Gasteiger partial charge in [0.2, 0.25) is 11.6 Å². The van der Waals surface area contributed by atoms with Gasteiger partial charge in [-0.1, -0.05) is 0 Å². The Morgan fingerprint density at radius 2 is 1.79 bits per heavy atom. The van der Waals surface area contributed by atoms with Crippen LogP contribution in [0.4, 0.5) is 18.9 Å². The number of sulfone groups is 1. The zero-order valence-corrected chi connectivity index (χ0v) is 15.7. The first kappa shape index (κ1) is 20.5. The number of nitrogens with zero attached hydrogens (tertiary/aromatic N) is 2. The van der Waals surface area contributed by atoms with Gasteiger partial charge < -0.3 is 10.1 Å². The fourth-order valence-electron chi connectivity index (χ4n) is 2.70. The lowest BCUT2D eigenvalue weighted by atomic mass is 9.98. The van der Waals surface area contributed by atoms with E-state index in [4.69, 9.17) is 4.74 Å². The lowest BCUT2D eigenvalue weighted by Gasteiger charge is -2.20. The van der Waals surface area contributed by atoms with Gasteiger partial charge in [-0.05, 0) is 12.1 Å². The summed E-state index contributed by atoms with van der Waals surface area (Å²) in [6.45, 7) is 0. The molecule has 1 aliphatic rings. The number of alkyl halides is 3. The minimum atomic E-state index is -4.73. The molecule has 1 N–H and O–H groups in total. The summed E-state index contributed by atoms with van der Waals surface area (Å²) in [5.74, 6) is -2.20. The summed E-state index contributed by atoms with van der Waals surface area (Å²) in [6, 6.07) is 2.51. The molecule has 12 heteroatoms. The van der Waals surface area contributed by atoms with Gasteiger partial charge in [-0.15, -0.1) is 0 Å². The number of halogens is 3. The number of rotatable bonds is 4. The molecule has 1 heterocycles. The van der Waals surface area contributed by atoms with E-state index in [2.05, 4.69) is 15.3 Å². The van der Waals surface area contributed by atoms with Crippen molar-refractivity contribution in [3.63, 3.8) is 0 Å². The molecule has 0 bridgehead atoms. The number of benzene rings is 1. The molecule has 1 aromatic carbocycles. The van der Waals surface area contributed by atoms with E-state index < -0.39 is 49.4 Å². The van der Waals surface area contributed by atoms with Gasteiger partial charge in [-0.3, -0.25) is 9.59 Å². The Balaban J connectivity index is 2.21. The van der Waals surface area contributed by atoms with E-state index in [1.165, 1.54) is 0 Å². The molecule has 0 spiro atoms. The van der Waals surface area contributed by atoms with Crippen LogP contribution in [0.5, 0.6) is 5.75 Å². The normalized spacial score (nSPS) is 14.7. The van der Waals surface area contributed by atoms with Crippen molar-refractivity contribution in [1.82, 2.24) is 9.97 Å². The Morgan fingerprint density at radius 1 is 1.10 bits per heavy atom. The first-order valence-corrected chi connectivity index (χ1v) is 9.69. The van der Waals surface area contributed by atoms with Crippen LogP contribution in [0.3, 0.4) is 0 Å². The average Bonchev–Trinajstić information content (AvgIpc) is 2.64. The van der Waals surface area contributed by atoms with Crippen LogP contribution in [-0.4, -0.2) is 43.3 Å². The van der Waals surface area contributed by atoms with Crippen molar-refractivity contribution in [2.75, 3.05) is 18.7 Å². The largest absolute Gasteiger partial charge is 0.497 e. The molecule has 0 saturated carbocycles. The highest BCUT2D eigenvalue weighted by molar-refractivity contribution is 7.95. The molecule has 8 nitrogen and oxygen atoms in total. The van der Waals surface area contributed by atoms with E-state index in [9.17, 15) is 31.2 Å². The first-order valence-electron chi connectivity index (χ1n) is 7.80. The van der Waals surface area contributed by atoms with E-state index in [0.29, 0.717) is 12.3 Å². The van der Waals surface area contributed by atoms with Crippen molar-refractivity contribution >= 4 is 27.1 Å². The molecule has 29 heavy (non-hydrogen) atoms. The maximum atomic E-state index is 13.1. The van der Waals surface area contributed by atoms with Crippen molar-refractivity contribution in [2.24, 2.45) is 0 Å². The zero-order valence-electron chi connectivity index (χ0n) is 14.9. The summed E-state index contributed by atoms with van der Waals surface area (Å²) >= 11 is 0. The maximum Gasteiger partial charge on any atom is 0.416 e. The number of carbonyl (C=O) groups is 2. The Morgan fingerprint density at radius 3 is 2.38 bits per heavy atom. The van der Waals surface area contributed by atoms with Crippen LogP contribution in [0, 0.1) is 0 Å². The number of ketones is 2. The number of nitrogens with one attached hydrogen (secondary N) is 1. The van der Waals surface area contributed by atoms with Crippen molar-refractivity contribution in [3.8, 4) is 5.75 Å².